The monoisotopic (exact) mass is 373 g/mol. The minimum absolute atomic E-state index is 0.0723. The molecule has 2 saturated heterocycles. The van der Waals surface area contributed by atoms with E-state index in [9.17, 15) is 10.1 Å². The zero-order valence-corrected chi connectivity index (χ0v) is 15.8. The van der Waals surface area contributed by atoms with E-state index in [0.717, 1.165) is 24.4 Å². The van der Waals surface area contributed by atoms with E-state index in [1.165, 1.54) is 0 Å². The van der Waals surface area contributed by atoms with Gasteiger partial charge in [0.1, 0.15) is 5.54 Å². The van der Waals surface area contributed by atoms with Gasteiger partial charge in [0.25, 0.3) is 0 Å². The highest BCUT2D eigenvalue weighted by Gasteiger charge is 2.59. The molecule has 2 fully saturated rings. The van der Waals surface area contributed by atoms with Crippen LogP contribution in [0.25, 0.3) is 0 Å². The zero-order chi connectivity index (χ0) is 18.9. The van der Waals surface area contributed by atoms with Gasteiger partial charge in [0.15, 0.2) is 0 Å². The molecule has 0 saturated carbocycles. The van der Waals surface area contributed by atoms with Crippen LogP contribution in [0.1, 0.15) is 18.4 Å². The molecule has 0 spiro atoms. The summed E-state index contributed by atoms with van der Waals surface area (Å²) in [5, 5.41) is 12.3. The Morgan fingerprint density at radius 2 is 1.63 bits per heavy atom. The number of hydrogen-bond donors (Lipinski definition) is 0. The number of morpholine rings is 2. The van der Waals surface area contributed by atoms with Crippen molar-refractivity contribution in [3.05, 3.63) is 57.8 Å². The summed E-state index contributed by atoms with van der Waals surface area (Å²) in [6.45, 7) is 7.59. The molecule has 7 heteroatoms. The maximum atomic E-state index is 12.3. The van der Waals surface area contributed by atoms with E-state index in [1.807, 2.05) is 30.3 Å². The Morgan fingerprint density at radius 1 is 1.04 bits per heavy atom. The summed E-state index contributed by atoms with van der Waals surface area (Å²) >= 11 is 0. The number of ether oxygens (including phenoxy) is 2. The van der Waals surface area contributed by atoms with Gasteiger partial charge in [-0.15, -0.1) is 0 Å². The van der Waals surface area contributed by atoms with Crippen LogP contribution in [-0.2, 0) is 9.47 Å². The Hall–Kier alpha value is -1.96. The molecule has 0 bridgehead atoms. The van der Waals surface area contributed by atoms with Gasteiger partial charge in [-0.2, -0.15) is 0 Å². The highest BCUT2D eigenvalue weighted by atomic mass is 16.6. The smallest absolute Gasteiger partial charge is 0.246 e. The Bertz CT molecular complexity index is 698. The zero-order valence-electron chi connectivity index (χ0n) is 15.8. The van der Waals surface area contributed by atoms with Gasteiger partial charge in [0.2, 0.25) is 6.04 Å². The molecule has 0 N–H and O–H groups in total. The number of nitrogens with zero attached hydrogens (tertiary/aromatic N) is 3. The lowest BCUT2D eigenvalue weighted by Gasteiger charge is -2.46. The predicted molar refractivity (Wildman–Crippen MR) is 101 cm³/mol. The average molecular weight is 373 g/mol. The summed E-state index contributed by atoms with van der Waals surface area (Å²) in [5.74, 6) is -0.244. The van der Waals surface area contributed by atoms with Crippen LogP contribution in [0.5, 0.6) is 0 Å². The fourth-order valence-electron chi connectivity index (χ4n) is 4.83. The summed E-state index contributed by atoms with van der Waals surface area (Å²) in [7, 11) is 0. The Kier molecular flexibility index (Phi) is 5.16. The quantitative estimate of drug-likeness (QED) is 0.592. The molecule has 27 heavy (non-hydrogen) atoms. The molecule has 7 nitrogen and oxygen atoms in total. The summed E-state index contributed by atoms with van der Waals surface area (Å²) in [5.41, 5.74) is 1.41. The molecular weight excluding hydrogens is 346 g/mol. The van der Waals surface area contributed by atoms with Crippen molar-refractivity contribution in [3.8, 4) is 0 Å². The van der Waals surface area contributed by atoms with Crippen molar-refractivity contribution in [1.82, 2.24) is 9.80 Å². The van der Waals surface area contributed by atoms with Crippen LogP contribution in [0.15, 0.2) is 42.1 Å². The third-order valence-corrected chi connectivity index (χ3v) is 6.20. The van der Waals surface area contributed by atoms with Crippen molar-refractivity contribution < 1.29 is 14.4 Å². The highest BCUT2D eigenvalue weighted by Crippen LogP contribution is 2.46. The third-order valence-electron chi connectivity index (χ3n) is 6.20. The van der Waals surface area contributed by atoms with Crippen LogP contribution >= 0.6 is 0 Å². The molecule has 146 valence electrons. The van der Waals surface area contributed by atoms with Crippen LogP contribution < -0.4 is 0 Å². The maximum Gasteiger partial charge on any atom is 0.246 e. The molecule has 0 unspecified atom stereocenters. The van der Waals surface area contributed by atoms with Crippen molar-refractivity contribution in [2.45, 2.75) is 24.4 Å². The van der Waals surface area contributed by atoms with E-state index in [-0.39, 0.29) is 10.8 Å². The molecule has 3 atom stereocenters. The lowest BCUT2D eigenvalue weighted by Crippen LogP contribution is -2.62. The summed E-state index contributed by atoms with van der Waals surface area (Å²) in [6.07, 6.45) is 2.14. The molecule has 1 aliphatic carbocycles. The average Bonchev–Trinajstić information content (AvgIpc) is 3.04. The van der Waals surface area contributed by atoms with Crippen molar-refractivity contribution in [3.63, 3.8) is 0 Å². The highest BCUT2D eigenvalue weighted by molar-refractivity contribution is 5.40. The minimum atomic E-state index is -0.726. The van der Waals surface area contributed by atoms with E-state index in [4.69, 9.17) is 9.47 Å². The standard InChI is InChI=1S/C20H27N3O4/c1-20(22-9-13-27-14-10-22)18(21-7-11-26-12-8-21)15-17(19(20)23(24)25)16-5-3-2-4-6-16/h2-6,15,17,19H,7-14H2,1H3/t17-,19-,20-/m1/s1. The van der Waals surface area contributed by atoms with Gasteiger partial charge in [-0.05, 0) is 18.6 Å². The molecule has 4 rings (SSSR count). The van der Waals surface area contributed by atoms with Gasteiger partial charge in [0, 0.05) is 36.8 Å². The third kappa shape index (κ3) is 3.24. The topological polar surface area (TPSA) is 68.1 Å². The number of hydrogen-bond acceptors (Lipinski definition) is 6. The van der Waals surface area contributed by atoms with Gasteiger partial charge in [-0.25, -0.2) is 0 Å². The van der Waals surface area contributed by atoms with E-state index < -0.39 is 11.6 Å². The Balaban J connectivity index is 1.78. The second-order valence-electron chi connectivity index (χ2n) is 7.56. The van der Waals surface area contributed by atoms with Crippen molar-refractivity contribution in [2.24, 2.45) is 0 Å². The first-order chi connectivity index (χ1) is 13.1. The van der Waals surface area contributed by atoms with Crippen LogP contribution in [-0.4, -0.2) is 78.9 Å². The Labute approximate surface area is 159 Å². The van der Waals surface area contributed by atoms with E-state index in [1.54, 1.807) is 0 Å². The lowest BCUT2D eigenvalue weighted by molar-refractivity contribution is -0.538. The number of rotatable bonds is 4. The molecule has 1 aromatic carbocycles. The van der Waals surface area contributed by atoms with E-state index >= 15 is 0 Å². The normalized spacial score (nSPS) is 32.3. The molecule has 0 aromatic heterocycles. The van der Waals surface area contributed by atoms with Gasteiger partial charge >= 0.3 is 0 Å². The lowest BCUT2D eigenvalue weighted by atomic mass is 9.84. The first-order valence-corrected chi connectivity index (χ1v) is 9.68. The molecule has 2 aliphatic heterocycles. The van der Waals surface area contributed by atoms with Crippen LogP contribution in [0, 0.1) is 10.1 Å². The van der Waals surface area contributed by atoms with Crippen LogP contribution in [0.4, 0.5) is 0 Å². The fraction of sp³-hybridized carbons (Fsp3) is 0.600. The van der Waals surface area contributed by atoms with Crippen LogP contribution in [0.2, 0.25) is 0 Å². The second-order valence-corrected chi connectivity index (χ2v) is 7.56. The van der Waals surface area contributed by atoms with Gasteiger partial charge < -0.3 is 14.4 Å². The van der Waals surface area contributed by atoms with E-state index in [2.05, 4.69) is 22.8 Å². The molecule has 2 heterocycles. The van der Waals surface area contributed by atoms with Crippen molar-refractivity contribution >= 4 is 0 Å². The van der Waals surface area contributed by atoms with Crippen molar-refractivity contribution in [2.75, 3.05) is 52.6 Å². The number of nitro groups is 1. The first kappa shape index (κ1) is 18.4. The SMILES string of the molecule is C[C@@]1(N2CCOCC2)C(N2CCOCC2)=C[C@H](c2ccccc2)[C@H]1[N+](=O)[O-]. The molecule has 1 aromatic rings. The summed E-state index contributed by atoms with van der Waals surface area (Å²) in [6, 6.07) is 9.14. The minimum Gasteiger partial charge on any atom is -0.379 e. The largest absolute Gasteiger partial charge is 0.379 e. The predicted octanol–water partition coefficient (Wildman–Crippen LogP) is 1.74. The molecule has 0 radical (unpaired) electrons. The second kappa shape index (κ2) is 7.58. The molecule has 0 amide bonds. The summed E-state index contributed by atoms with van der Waals surface area (Å²) < 4.78 is 11.0. The number of benzene rings is 1. The van der Waals surface area contributed by atoms with Gasteiger partial charge in [-0.1, -0.05) is 30.3 Å². The van der Waals surface area contributed by atoms with Gasteiger partial charge in [-0.3, -0.25) is 15.0 Å². The first-order valence-electron chi connectivity index (χ1n) is 9.68. The van der Waals surface area contributed by atoms with Crippen molar-refractivity contribution in [1.29, 1.82) is 0 Å². The van der Waals surface area contributed by atoms with Crippen LogP contribution in [0.3, 0.4) is 0 Å². The summed E-state index contributed by atoms with van der Waals surface area (Å²) in [4.78, 5) is 16.8. The molecular formula is C20H27N3O4. The van der Waals surface area contributed by atoms with E-state index in [0.29, 0.717) is 39.5 Å². The molecule has 3 aliphatic rings. The fourth-order valence-corrected chi connectivity index (χ4v) is 4.83. The van der Waals surface area contributed by atoms with Gasteiger partial charge in [0.05, 0.1) is 32.3 Å². The maximum absolute atomic E-state index is 12.3. The Morgan fingerprint density at radius 3 is 2.22 bits per heavy atom.